The first kappa shape index (κ1) is 35.4. The minimum Gasteiger partial charge on any atom is -0.394 e. The summed E-state index contributed by atoms with van der Waals surface area (Å²) in [4.78, 5) is 14.6. The van der Waals surface area contributed by atoms with Crippen LogP contribution in [0.25, 0.3) is 0 Å². The van der Waals surface area contributed by atoms with Crippen LogP contribution in [0.1, 0.15) is 107 Å². The average Bonchev–Trinajstić information content (AvgIpc) is 3.33. The molecule has 0 aromatic rings. The Bertz CT molecular complexity index is 1150. The summed E-state index contributed by atoms with van der Waals surface area (Å²) in [5, 5.41) is 64.6. The van der Waals surface area contributed by atoms with E-state index in [0.29, 0.717) is 32.1 Å². The summed E-state index contributed by atoms with van der Waals surface area (Å²) >= 11 is 0. The van der Waals surface area contributed by atoms with Crippen LogP contribution in [-0.4, -0.2) is 91.5 Å². The molecule has 5 fully saturated rings. The van der Waals surface area contributed by atoms with E-state index in [0.717, 1.165) is 24.8 Å². The van der Waals surface area contributed by atoms with E-state index in [1.54, 1.807) is 0 Å². The molecule has 5 rings (SSSR count). The smallest absolute Gasteiger partial charge is 0.187 e. The fourth-order valence-corrected chi connectivity index (χ4v) is 11.7. The summed E-state index contributed by atoms with van der Waals surface area (Å²) in [6.07, 6.45) is -0.745. The monoisotopic (exact) mass is 636 g/mol. The summed E-state index contributed by atoms with van der Waals surface area (Å²) in [6, 6.07) is 0. The predicted molar refractivity (Wildman–Crippen MR) is 169 cm³/mol. The second-order valence-corrected chi connectivity index (χ2v) is 17.3. The van der Waals surface area contributed by atoms with Gasteiger partial charge >= 0.3 is 0 Å². The van der Waals surface area contributed by atoms with E-state index in [1.165, 1.54) is 0 Å². The lowest BCUT2D eigenvalue weighted by Gasteiger charge is -2.70. The number of carbonyl (C=O) groups is 1. The zero-order valence-electron chi connectivity index (χ0n) is 28.7. The average molecular weight is 637 g/mol. The van der Waals surface area contributed by atoms with Gasteiger partial charge in [0.15, 0.2) is 6.29 Å². The van der Waals surface area contributed by atoms with Crippen molar-refractivity contribution in [3.8, 4) is 0 Å². The van der Waals surface area contributed by atoms with E-state index < -0.39 is 66.0 Å². The standard InChI is InChI=1S/C36H60O9/c1-19(2)10-9-13-36(8,45-31-29(43)28(42)27(41)23(18-37)44-31)20-11-15-34(6)26(20)21(38)16-24-33(5)14-12-25(40)32(3,4)30(33)22(39)17-35(24,34)7/h10,20,22-31,37,39-43H,9,11-18H2,1-8H3/t20-,22-,23+,24+,25-,26-,27+,28-,29+,30+,31-,33+,34+,35+,36-/m0/s1. The van der Waals surface area contributed by atoms with Gasteiger partial charge in [-0.15, -0.1) is 0 Å². The molecule has 1 aliphatic heterocycles. The molecule has 0 amide bonds. The number of rotatable bonds is 7. The number of aliphatic hydroxyl groups is 6. The lowest BCUT2D eigenvalue weighted by molar-refractivity contribution is -0.333. The highest BCUT2D eigenvalue weighted by Crippen LogP contribution is 2.75. The number of allylic oxidation sites excluding steroid dienone is 2. The third-order valence-corrected chi connectivity index (χ3v) is 14.2. The van der Waals surface area contributed by atoms with Crippen molar-refractivity contribution in [3.63, 3.8) is 0 Å². The number of aliphatic hydroxyl groups excluding tert-OH is 6. The van der Waals surface area contributed by atoms with Crippen molar-refractivity contribution >= 4 is 5.78 Å². The summed E-state index contributed by atoms with van der Waals surface area (Å²) in [6.45, 7) is 16.4. The number of carbonyl (C=O) groups excluding carboxylic acids is 1. The maximum atomic E-state index is 14.6. The van der Waals surface area contributed by atoms with Crippen molar-refractivity contribution in [1.29, 1.82) is 0 Å². The molecule has 0 aromatic heterocycles. The molecule has 9 heteroatoms. The van der Waals surface area contributed by atoms with Crippen LogP contribution >= 0.6 is 0 Å². The van der Waals surface area contributed by atoms with Crippen molar-refractivity contribution < 1.29 is 44.9 Å². The van der Waals surface area contributed by atoms with Crippen molar-refractivity contribution in [2.75, 3.05) is 6.61 Å². The van der Waals surface area contributed by atoms with Crippen molar-refractivity contribution in [1.82, 2.24) is 0 Å². The maximum absolute atomic E-state index is 14.6. The van der Waals surface area contributed by atoms with E-state index in [4.69, 9.17) is 9.47 Å². The third-order valence-electron chi connectivity index (χ3n) is 14.2. The number of ether oxygens (including phenoxy) is 2. The van der Waals surface area contributed by atoms with Gasteiger partial charge in [0.25, 0.3) is 0 Å². The van der Waals surface area contributed by atoms with Crippen LogP contribution in [0.5, 0.6) is 0 Å². The zero-order chi connectivity index (χ0) is 33.5. The Labute approximate surface area is 269 Å². The van der Waals surface area contributed by atoms with Crippen LogP contribution in [-0.2, 0) is 14.3 Å². The predicted octanol–water partition coefficient (Wildman–Crippen LogP) is 3.50. The van der Waals surface area contributed by atoms with Crippen LogP contribution in [0, 0.1) is 45.3 Å². The first-order valence-corrected chi connectivity index (χ1v) is 17.3. The molecule has 1 heterocycles. The molecule has 258 valence electrons. The van der Waals surface area contributed by atoms with Gasteiger partial charge in [-0.25, -0.2) is 0 Å². The molecule has 5 aliphatic rings. The van der Waals surface area contributed by atoms with E-state index >= 15 is 0 Å². The Hall–Kier alpha value is -0.910. The van der Waals surface area contributed by atoms with Gasteiger partial charge in [0.2, 0.25) is 0 Å². The highest BCUT2D eigenvalue weighted by molar-refractivity contribution is 5.84. The lowest BCUT2D eigenvalue weighted by Crippen LogP contribution is -2.69. The van der Waals surface area contributed by atoms with Gasteiger partial charge in [-0.2, -0.15) is 0 Å². The van der Waals surface area contributed by atoms with Crippen LogP contribution in [0.2, 0.25) is 0 Å². The van der Waals surface area contributed by atoms with Crippen molar-refractivity contribution in [3.05, 3.63) is 11.6 Å². The number of hydrogen-bond acceptors (Lipinski definition) is 9. The van der Waals surface area contributed by atoms with Gasteiger partial charge in [-0.05, 0) is 105 Å². The van der Waals surface area contributed by atoms with Crippen LogP contribution in [0.15, 0.2) is 11.6 Å². The third kappa shape index (κ3) is 5.31. The lowest BCUT2D eigenvalue weighted by atomic mass is 9.34. The molecule has 9 nitrogen and oxygen atoms in total. The van der Waals surface area contributed by atoms with Gasteiger partial charge in [0, 0.05) is 12.3 Å². The second kappa shape index (κ2) is 11.9. The van der Waals surface area contributed by atoms with E-state index in [2.05, 4.69) is 40.7 Å². The zero-order valence-corrected chi connectivity index (χ0v) is 28.7. The molecule has 0 aromatic carbocycles. The van der Waals surface area contributed by atoms with E-state index in [-0.39, 0.29) is 40.3 Å². The van der Waals surface area contributed by atoms with Crippen LogP contribution in [0.3, 0.4) is 0 Å². The first-order chi connectivity index (χ1) is 20.8. The van der Waals surface area contributed by atoms with Gasteiger partial charge in [-0.1, -0.05) is 46.3 Å². The van der Waals surface area contributed by atoms with Gasteiger partial charge in [0.1, 0.15) is 30.2 Å². The fourth-order valence-electron chi connectivity index (χ4n) is 11.7. The molecule has 4 aliphatic carbocycles. The number of Topliss-reactive ketones (excluding diaryl/α,β-unsaturated/α-hetero) is 1. The molecular weight excluding hydrogens is 576 g/mol. The Balaban J connectivity index is 1.51. The highest BCUT2D eigenvalue weighted by Gasteiger charge is 2.73. The fraction of sp³-hybridized carbons (Fsp3) is 0.917. The maximum Gasteiger partial charge on any atom is 0.187 e. The van der Waals surface area contributed by atoms with Crippen LogP contribution < -0.4 is 0 Å². The number of fused-ring (bicyclic) bond motifs is 5. The Morgan fingerprint density at radius 1 is 0.978 bits per heavy atom. The minimum atomic E-state index is -1.55. The molecule has 0 unspecified atom stereocenters. The largest absolute Gasteiger partial charge is 0.394 e. The molecule has 15 atom stereocenters. The van der Waals surface area contributed by atoms with E-state index in [9.17, 15) is 35.4 Å². The normalized spacial score (nSPS) is 50.6. The Kier molecular flexibility index (Phi) is 9.36. The second-order valence-electron chi connectivity index (χ2n) is 17.3. The summed E-state index contributed by atoms with van der Waals surface area (Å²) < 4.78 is 12.5. The molecule has 0 bridgehead atoms. The molecular formula is C36H60O9. The first-order valence-electron chi connectivity index (χ1n) is 17.3. The molecule has 1 saturated heterocycles. The summed E-state index contributed by atoms with van der Waals surface area (Å²) in [5.41, 5.74) is -1.27. The SMILES string of the molecule is CC(C)=CCC[C@](C)(O[C@@H]1O[C@H](CO)[C@@H](O)[C@H](O)[C@H]1O)[C@H]1CC[C@]2(C)[C@@H]1C(=O)C[C@@H]1[C@@]3(C)CC[C@H](O)C(C)(C)[C@H]3[C@@H](O)C[C@]12C. The highest BCUT2D eigenvalue weighted by atomic mass is 16.7. The van der Waals surface area contributed by atoms with Crippen molar-refractivity contribution in [2.24, 2.45) is 45.3 Å². The molecule has 6 N–H and O–H groups in total. The van der Waals surface area contributed by atoms with Gasteiger partial charge in [0.05, 0.1) is 24.4 Å². The van der Waals surface area contributed by atoms with Crippen molar-refractivity contribution in [2.45, 2.75) is 155 Å². The minimum absolute atomic E-state index is 0.0703. The Morgan fingerprint density at radius 3 is 2.27 bits per heavy atom. The number of ketones is 1. The quantitative estimate of drug-likeness (QED) is 0.230. The molecule has 4 saturated carbocycles. The van der Waals surface area contributed by atoms with Gasteiger partial charge < -0.3 is 40.1 Å². The topological polar surface area (TPSA) is 157 Å². The van der Waals surface area contributed by atoms with Gasteiger partial charge in [-0.3, -0.25) is 4.79 Å². The van der Waals surface area contributed by atoms with Crippen LogP contribution in [0.4, 0.5) is 0 Å². The summed E-state index contributed by atoms with van der Waals surface area (Å²) in [7, 11) is 0. The summed E-state index contributed by atoms with van der Waals surface area (Å²) in [5.74, 6) is -0.372. The molecule has 0 radical (unpaired) electrons. The number of hydrogen-bond donors (Lipinski definition) is 6. The van der Waals surface area contributed by atoms with E-state index in [1.807, 2.05) is 20.8 Å². The molecule has 0 spiro atoms. The molecule has 45 heavy (non-hydrogen) atoms. The Morgan fingerprint density at radius 2 is 1.64 bits per heavy atom.